The molecule has 1 heterocycles. The van der Waals surface area contributed by atoms with E-state index in [1.54, 1.807) is 0 Å². The van der Waals surface area contributed by atoms with Crippen molar-refractivity contribution in [2.24, 2.45) is 5.92 Å². The van der Waals surface area contributed by atoms with E-state index in [9.17, 15) is 0 Å². The fourth-order valence-corrected chi connectivity index (χ4v) is 4.13. The van der Waals surface area contributed by atoms with Gasteiger partial charge in [-0.25, -0.2) is 4.98 Å². The third kappa shape index (κ3) is 3.12. The van der Waals surface area contributed by atoms with E-state index in [0.717, 1.165) is 18.4 Å². The molecule has 0 saturated heterocycles. The molecule has 2 nitrogen and oxygen atoms in total. The second-order valence-electron chi connectivity index (χ2n) is 5.79. The highest BCUT2D eigenvalue weighted by Gasteiger charge is 2.26. The molecule has 1 aromatic heterocycles. The van der Waals surface area contributed by atoms with Gasteiger partial charge < -0.3 is 5.32 Å². The van der Waals surface area contributed by atoms with Gasteiger partial charge in [0.2, 0.25) is 0 Å². The first-order valence-electron chi connectivity index (χ1n) is 7.32. The maximum Gasteiger partial charge on any atom is 0.0962 e. The van der Waals surface area contributed by atoms with E-state index in [-0.39, 0.29) is 0 Å². The summed E-state index contributed by atoms with van der Waals surface area (Å²) in [5.74, 6) is 1.62. The van der Waals surface area contributed by atoms with E-state index in [1.807, 2.05) is 11.3 Å². The Labute approximate surface area is 115 Å². The van der Waals surface area contributed by atoms with Crippen molar-refractivity contribution in [2.75, 3.05) is 6.54 Å². The molecule has 0 radical (unpaired) electrons. The summed E-state index contributed by atoms with van der Waals surface area (Å²) < 4.78 is 0. The van der Waals surface area contributed by atoms with Crippen LogP contribution < -0.4 is 5.32 Å². The van der Waals surface area contributed by atoms with Crippen LogP contribution in [0.1, 0.15) is 74.0 Å². The number of rotatable bonds is 5. The third-order valence-electron chi connectivity index (χ3n) is 3.99. The third-order valence-corrected chi connectivity index (χ3v) is 5.49. The largest absolute Gasteiger partial charge is 0.309 e. The van der Waals surface area contributed by atoms with Crippen molar-refractivity contribution in [3.63, 3.8) is 0 Å². The van der Waals surface area contributed by atoms with Gasteiger partial charge in [0.25, 0.3) is 0 Å². The van der Waals surface area contributed by atoms with Gasteiger partial charge in [-0.1, -0.05) is 20.3 Å². The molecular weight excluding hydrogens is 240 g/mol. The minimum Gasteiger partial charge on any atom is -0.309 e. The number of thiazole rings is 1. The van der Waals surface area contributed by atoms with E-state index in [0.29, 0.717) is 6.04 Å². The Hall–Kier alpha value is -0.410. The minimum atomic E-state index is 0.454. The van der Waals surface area contributed by atoms with Crippen molar-refractivity contribution in [1.82, 2.24) is 10.3 Å². The number of hydrogen-bond donors (Lipinski definition) is 1. The van der Waals surface area contributed by atoms with Crippen LogP contribution in [0.4, 0.5) is 0 Å². The number of nitrogens with one attached hydrogen (secondary N) is 1. The molecular formula is C15H26N2S. The van der Waals surface area contributed by atoms with Gasteiger partial charge in [0.1, 0.15) is 0 Å². The van der Waals surface area contributed by atoms with Crippen molar-refractivity contribution in [1.29, 1.82) is 0 Å². The van der Waals surface area contributed by atoms with E-state index >= 15 is 0 Å². The lowest BCUT2D eigenvalue weighted by molar-refractivity contribution is 0.575. The van der Waals surface area contributed by atoms with Crippen LogP contribution in [0.5, 0.6) is 0 Å². The smallest absolute Gasteiger partial charge is 0.0962 e. The molecule has 1 aromatic rings. The molecule has 1 N–H and O–H groups in total. The Balaban J connectivity index is 2.06. The number of nitrogens with zero attached hydrogens (tertiary/aromatic N) is 1. The quantitative estimate of drug-likeness (QED) is 0.853. The first kappa shape index (κ1) is 14.0. The van der Waals surface area contributed by atoms with Crippen LogP contribution in [0.15, 0.2) is 0 Å². The first-order chi connectivity index (χ1) is 8.61. The Bertz CT molecular complexity index is 386. The van der Waals surface area contributed by atoms with Crippen LogP contribution in [0.2, 0.25) is 0 Å². The zero-order valence-electron chi connectivity index (χ0n) is 12.1. The predicted molar refractivity (Wildman–Crippen MR) is 79.3 cm³/mol. The highest BCUT2D eigenvalue weighted by atomic mass is 32.1. The molecule has 1 aliphatic carbocycles. The van der Waals surface area contributed by atoms with Crippen molar-refractivity contribution in [2.45, 2.75) is 65.3 Å². The van der Waals surface area contributed by atoms with Gasteiger partial charge in [-0.3, -0.25) is 0 Å². The fourth-order valence-electron chi connectivity index (χ4n) is 2.89. The molecule has 0 aromatic carbocycles. The van der Waals surface area contributed by atoms with Crippen molar-refractivity contribution >= 4 is 11.3 Å². The summed E-state index contributed by atoms with van der Waals surface area (Å²) in [6.45, 7) is 10.1. The molecule has 0 aliphatic heterocycles. The van der Waals surface area contributed by atoms with Crippen LogP contribution in [0, 0.1) is 12.8 Å². The van der Waals surface area contributed by atoms with E-state index in [2.05, 4.69) is 33.0 Å². The summed E-state index contributed by atoms with van der Waals surface area (Å²) in [7, 11) is 0. The molecule has 3 heteroatoms. The molecule has 2 rings (SSSR count). The molecule has 3 unspecified atom stereocenters. The molecule has 1 fully saturated rings. The van der Waals surface area contributed by atoms with Crippen molar-refractivity contribution in [3.8, 4) is 0 Å². The summed E-state index contributed by atoms with van der Waals surface area (Å²) in [5, 5.41) is 4.96. The zero-order chi connectivity index (χ0) is 13.1. The fraction of sp³-hybridized carbons (Fsp3) is 0.800. The molecule has 0 bridgehead atoms. The molecule has 1 saturated carbocycles. The summed E-state index contributed by atoms with van der Waals surface area (Å²) in [4.78, 5) is 6.28. The Morgan fingerprint density at radius 3 is 2.83 bits per heavy atom. The summed E-state index contributed by atoms with van der Waals surface area (Å²) in [6, 6.07) is 0.454. The lowest BCUT2D eigenvalue weighted by atomic mass is 10.1. The average molecular weight is 266 g/mol. The maximum absolute atomic E-state index is 4.83. The van der Waals surface area contributed by atoms with Crippen molar-refractivity contribution in [3.05, 3.63) is 15.6 Å². The molecule has 0 spiro atoms. The van der Waals surface area contributed by atoms with Crippen LogP contribution in [-0.2, 0) is 0 Å². The van der Waals surface area contributed by atoms with Crippen LogP contribution in [-0.4, -0.2) is 11.5 Å². The van der Waals surface area contributed by atoms with Gasteiger partial charge in [0, 0.05) is 16.8 Å². The number of hydrogen-bond acceptors (Lipinski definition) is 3. The van der Waals surface area contributed by atoms with E-state index < -0.39 is 0 Å². The average Bonchev–Trinajstić information content (AvgIpc) is 2.92. The Kier molecular flexibility index (Phi) is 4.79. The maximum atomic E-state index is 4.83. The highest BCUT2D eigenvalue weighted by molar-refractivity contribution is 7.11. The van der Waals surface area contributed by atoms with Crippen LogP contribution in [0.25, 0.3) is 0 Å². The lowest BCUT2D eigenvalue weighted by Gasteiger charge is -2.11. The SMILES string of the molecule is CCCNC(C)c1sc(C2CCC(C)C2)nc1C. The predicted octanol–water partition coefficient (Wildman–Crippen LogP) is 4.42. The second kappa shape index (κ2) is 6.16. The number of aryl methyl sites for hydroxylation is 1. The van der Waals surface area contributed by atoms with Gasteiger partial charge >= 0.3 is 0 Å². The van der Waals surface area contributed by atoms with Crippen LogP contribution in [0.3, 0.4) is 0 Å². The van der Waals surface area contributed by atoms with E-state index in [4.69, 9.17) is 4.98 Å². The lowest BCUT2D eigenvalue weighted by Crippen LogP contribution is -2.18. The highest BCUT2D eigenvalue weighted by Crippen LogP contribution is 2.41. The molecule has 3 atom stereocenters. The minimum absolute atomic E-state index is 0.454. The monoisotopic (exact) mass is 266 g/mol. The summed E-state index contributed by atoms with van der Waals surface area (Å²) >= 11 is 1.94. The zero-order valence-corrected chi connectivity index (χ0v) is 12.9. The second-order valence-corrected chi connectivity index (χ2v) is 6.85. The first-order valence-corrected chi connectivity index (χ1v) is 8.14. The Morgan fingerprint density at radius 2 is 2.22 bits per heavy atom. The summed E-state index contributed by atoms with van der Waals surface area (Å²) in [5.41, 5.74) is 1.24. The van der Waals surface area contributed by atoms with E-state index in [1.165, 1.54) is 41.3 Å². The Morgan fingerprint density at radius 1 is 1.44 bits per heavy atom. The van der Waals surface area contributed by atoms with Gasteiger partial charge in [-0.2, -0.15) is 0 Å². The molecule has 18 heavy (non-hydrogen) atoms. The molecule has 1 aliphatic rings. The molecule has 0 amide bonds. The number of aromatic nitrogens is 1. The van der Waals surface area contributed by atoms with Crippen LogP contribution >= 0.6 is 11.3 Å². The van der Waals surface area contributed by atoms with Gasteiger partial charge in [0.05, 0.1) is 10.7 Å². The normalized spacial score (nSPS) is 25.6. The van der Waals surface area contributed by atoms with Gasteiger partial charge in [-0.15, -0.1) is 11.3 Å². The summed E-state index contributed by atoms with van der Waals surface area (Å²) in [6.07, 6.45) is 5.24. The van der Waals surface area contributed by atoms with Gasteiger partial charge in [0.15, 0.2) is 0 Å². The molecule has 102 valence electrons. The van der Waals surface area contributed by atoms with Gasteiger partial charge in [-0.05, 0) is 45.6 Å². The van der Waals surface area contributed by atoms with Crippen molar-refractivity contribution < 1.29 is 0 Å². The standard InChI is InChI=1S/C15H26N2S/c1-5-8-16-11(3)14-12(4)17-15(18-14)13-7-6-10(2)9-13/h10-11,13,16H,5-9H2,1-4H3. The topological polar surface area (TPSA) is 24.9 Å².